The second kappa shape index (κ2) is 11.3. The maximum absolute atomic E-state index is 6.00. The summed E-state index contributed by atoms with van der Waals surface area (Å²) in [5.41, 5.74) is 10.3. The Kier molecular flexibility index (Phi) is 7.74. The molecule has 1 atom stereocenters. The molecule has 0 spiro atoms. The quantitative estimate of drug-likeness (QED) is 0.309. The highest BCUT2D eigenvalue weighted by atomic mass is 16.5. The first-order valence-corrected chi connectivity index (χ1v) is 11.4. The van der Waals surface area contributed by atoms with Crippen LogP contribution in [0.5, 0.6) is 11.5 Å². The summed E-state index contributed by atoms with van der Waals surface area (Å²) < 4.78 is 10.6. The zero-order chi connectivity index (χ0) is 24.6. The van der Waals surface area contributed by atoms with E-state index in [1.165, 1.54) is 5.56 Å². The van der Waals surface area contributed by atoms with Crippen LogP contribution in [0.15, 0.2) is 72.8 Å². The summed E-state index contributed by atoms with van der Waals surface area (Å²) in [4.78, 5) is 13.2. The average Bonchev–Trinajstić information content (AvgIpc) is 2.88. The molecule has 8 heteroatoms. The molecule has 4 aromatic rings. The molecule has 0 fully saturated rings. The number of nitrogens with zero attached hydrogens (tertiary/aromatic N) is 3. The Balaban J connectivity index is 1.53. The molecule has 0 saturated heterocycles. The Hall–Kier alpha value is -4.17. The minimum atomic E-state index is 0.0140. The fourth-order valence-electron chi connectivity index (χ4n) is 3.76. The van der Waals surface area contributed by atoms with Crippen LogP contribution in [0.4, 0.5) is 17.6 Å². The molecule has 0 aliphatic rings. The van der Waals surface area contributed by atoms with Crippen LogP contribution >= 0.6 is 0 Å². The molecule has 180 valence electrons. The summed E-state index contributed by atoms with van der Waals surface area (Å²) in [5.74, 6) is 2.79. The zero-order valence-corrected chi connectivity index (χ0v) is 20.2. The fraction of sp³-hybridized carbons (Fsp3) is 0.222. The van der Waals surface area contributed by atoms with E-state index in [1.807, 2.05) is 55.5 Å². The van der Waals surface area contributed by atoms with Crippen LogP contribution in [-0.4, -0.2) is 29.2 Å². The number of ether oxygens (including phenoxy) is 2. The predicted octanol–water partition coefficient (Wildman–Crippen LogP) is 4.60. The van der Waals surface area contributed by atoms with E-state index in [0.717, 1.165) is 34.7 Å². The van der Waals surface area contributed by atoms with Gasteiger partial charge in [0, 0.05) is 11.7 Å². The average molecular weight is 471 g/mol. The topological polar surface area (TPSA) is 107 Å². The number of benzene rings is 3. The van der Waals surface area contributed by atoms with Gasteiger partial charge in [-0.25, -0.2) is 0 Å². The smallest absolute Gasteiger partial charge is 0.232 e. The molecule has 0 aliphatic carbocycles. The van der Waals surface area contributed by atoms with Crippen molar-refractivity contribution < 1.29 is 9.47 Å². The summed E-state index contributed by atoms with van der Waals surface area (Å²) in [5, 5.41) is 6.83. The number of rotatable bonds is 10. The van der Waals surface area contributed by atoms with E-state index < -0.39 is 0 Å². The predicted molar refractivity (Wildman–Crippen MR) is 138 cm³/mol. The van der Waals surface area contributed by atoms with Crippen LogP contribution in [0, 0.1) is 6.92 Å². The van der Waals surface area contributed by atoms with Crippen LogP contribution in [-0.2, 0) is 13.0 Å². The Morgan fingerprint density at radius 3 is 2.14 bits per heavy atom. The third-order valence-corrected chi connectivity index (χ3v) is 5.71. The van der Waals surface area contributed by atoms with Crippen molar-refractivity contribution in [3.8, 4) is 11.5 Å². The van der Waals surface area contributed by atoms with Crippen molar-refractivity contribution in [1.29, 1.82) is 0 Å². The summed E-state index contributed by atoms with van der Waals surface area (Å²) >= 11 is 0. The highest BCUT2D eigenvalue weighted by Crippen LogP contribution is 2.23. The molecule has 0 saturated carbocycles. The van der Waals surface area contributed by atoms with Crippen molar-refractivity contribution in [2.24, 2.45) is 0 Å². The molecule has 1 heterocycles. The molecule has 3 aromatic carbocycles. The third kappa shape index (κ3) is 6.45. The van der Waals surface area contributed by atoms with E-state index in [0.29, 0.717) is 18.3 Å². The molecule has 0 aliphatic heterocycles. The van der Waals surface area contributed by atoms with Gasteiger partial charge < -0.3 is 25.8 Å². The number of hydrogen-bond donors (Lipinski definition) is 3. The number of aromatic nitrogens is 3. The standard InChI is InChI=1S/C27H30N6O2/c1-18-6-4-5-7-23(18)30-27-32-25(31-26(28)33-27)17-29-24(20-10-14-22(35-3)15-11-20)16-19-8-12-21(34-2)13-9-19/h4-15,24,29H,16-17H2,1-3H3,(H3,28,30,31,32,33). The van der Waals surface area contributed by atoms with Gasteiger partial charge in [-0.1, -0.05) is 42.5 Å². The van der Waals surface area contributed by atoms with Gasteiger partial charge in [-0.2, -0.15) is 15.0 Å². The van der Waals surface area contributed by atoms with Crippen LogP contribution < -0.4 is 25.8 Å². The Morgan fingerprint density at radius 1 is 0.829 bits per heavy atom. The fourth-order valence-corrected chi connectivity index (χ4v) is 3.76. The van der Waals surface area contributed by atoms with Gasteiger partial charge in [-0.15, -0.1) is 0 Å². The second-order valence-corrected chi connectivity index (χ2v) is 8.13. The number of nitrogens with one attached hydrogen (secondary N) is 2. The summed E-state index contributed by atoms with van der Waals surface area (Å²) in [6.45, 7) is 2.44. The van der Waals surface area contributed by atoms with Crippen LogP contribution in [0.25, 0.3) is 0 Å². The minimum absolute atomic E-state index is 0.0140. The third-order valence-electron chi connectivity index (χ3n) is 5.71. The van der Waals surface area contributed by atoms with Crippen LogP contribution in [0.1, 0.15) is 28.6 Å². The van der Waals surface area contributed by atoms with Gasteiger partial charge >= 0.3 is 0 Å². The van der Waals surface area contributed by atoms with E-state index in [2.05, 4.69) is 49.9 Å². The van der Waals surface area contributed by atoms with Crippen molar-refractivity contribution in [3.63, 3.8) is 0 Å². The number of nitrogen functional groups attached to an aromatic ring is 1. The lowest BCUT2D eigenvalue weighted by Gasteiger charge is -2.20. The lowest BCUT2D eigenvalue weighted by atomic mass is 9.98. The van der Waals surface area contributed by atoms with Gasteiger partial charge in [0.05, 0.1) is 20.8 Å². The van der Waals surface area contributed by atoms with Crippen molar-refractivity contribution in [3.05, 3.63) is 95.3 Å². The maximum atomic E-state index is 6.00. The summed E-state index contributed by atoms with van der Waals surface area (Å²) in [6.07, 6.45) is 0.769. The maximum Gasteiger partial charge on any atom is 0.232 e. The van der Waals surface area contributed by atoms with Gasteiger partial charge in [0.1, 0.15) is 17.3 Å². The van der Waals surface area contributed by atoms with E-state index in [4.69, 9.17) is 15.2 Å². The lowest BCUT2D eigenvalue weighted by molar-refractivity contribution is 0.413. The van der Waals surface area contributed by atoms with Gasteiger partial charge in [0.15, 0.2) is 0 Å². The first-order chi connectivity index (χ1) is 17.0. The van der Waals surface area contributed by atoms with Crippen LogP contribution in [0.2, 0.25) is 0 Å². The van der Waals surface area contributed by atoms with E-state index in [9.17, 15) is 0 Å². The molecule has 1 aromatic heterocycles. The molecule has 0 bridgehead atoms. The molecule has 35 heavy (non-hydrogen) atoms. The van der Waals surface area contributed by atoms with Crippen molar-refractivity contribution in [2.75, 3.05) is 25.3 Å². The number of hydrogen-bond acceptors (Lipinski definition) is 8. The van der Waals surface area contributed by atoms with Crippen molar-refractivity contribution in [2.45, 2.75) is 25.9 Å². The highest BCUT2D eigenvalue weighted by molar-refractivity contribution is 5.58. The molecule has 8 nitrogen and oxygen atoms in total. The van der Waals surface area contributed by atoms with Gasteiger partial charge in [-0.05, 0) is 60.4 Å². The molecule has 0 amide bonds. The molecule has 4 rings (SSSR count). The van der Waals surface area contributed by atoms with E-state index in [-0.39, 0.29) is 12.0 Å². The first-order valence-electron chi connectivity index (χ1n) is 11.4. The number of nitrogens with two attached hydrogens (primary N) is 1. The molecular formula is C27H30N6O2. The van der Waals surface area contributed by atoms with Gasteiger partial charge in [0.2, 0.25) is 11.9 Å². The summed E-state index contributed by atoms with van der Waals surface area (Å²) in [6, 6.07) is 24.1. The molecule has 1 unspecified atom stereocenters. The molecule has 4 N–H and O–H groups in total. The zero-order valence-electron chi connectivity index (χ0n) is 20.2. The van der Waals surface area contributed by atoms with Crippen molar-refractivity contribution in [1.82, 2.24) is 20.3 Å². The number of para-hydroxylation sites is 1. The van der Waals surface area contributed by atoms with E-state index in [1.54, 1.807) is 14.2 Å². The SMILES string of the molecule is COc1ccc(CC(NCc2nc(N)nc(Nc3ccccc3C)n2)c2ccc(OC)cc2)cc1. The number of aryl methyl sites for hydroxylation is 1. The monoisotopic (exact) mass is 470 g/mol. The minimum Gasteiger partial charge on any atom is -0.497 e. The Bertz CT molecular complexity index is 1250. The Labute approximate surface area is 205 Å². The Morgan fingerprint density at radius 2 is 1.49 bits per heavy atom. The second-order valence-electron chi connectivity index (χ2n) is 8.13. The molecular weight excluding hydrogens is 440 g/mol. The normalized spacial score (nSPS) is 11.6. The highest BCUT2D eigenvalue weighted by Gasteiger charge is 2.15. The van der Waals surface area contributed by atoms with Crippen LogP contribution in [0.3, 0.4) is 0 Å². The number of anilines is 3. The molecule has 0 radical (unpaired) electrons. The number of methoxy groups -OCH3 is 2. The van der Waals surface area contributed by atoms with E-state index >= 15 is 0 Å². The largest absolute Gasteiger partial charge is 0.497 e. The van der Waals surface area contributed by atoms with Gasteiger partial charge in [0.25, 0.3) is 0 Å². The summed E-state index contributed by atoms with van der Waals surface area (Å²) in [7, 11) is 3.33. The van der Waals surface area contributed by atoms with Crippen molar-refractivity contribution >= 4 is 17.6 Å². The lowest BCUT2D eigenvalue weighted by Crippen LogP contribution is -2.24. The first kappa shape index (κ1) is 24.0. The van der Waals surface area contributed by atoms with Gasteiger partial charge in [-0.3, -0.25) is 0 Å².